The number of hydrogen-bond donors (Lipinski definition) is 1. The zero-order chi connectivity index (χ0) is 12.3. The molecule has 0 spiro atoms. The van der Waals surface area contributed by atoms with Crippen molar-refractivity contribution >= 4 is 0 Å². The minimum atomic E-state index is -0.181. The van der Waals surface area contributed by atoms with Crippen LogP contribution in [0.25, 0.3) is 0 Å². The summed E-state index contributed by atoms with van der Waals surface area (Å²) < 4.78 is 0. The average molecular weight is 227 g/mol. The summed E-state index contributed by atoms with van der Waals surface area (Å²) in [5.41, 5.74) is -0.0642. The molecule has 2 atom stereocenters. The lowest BCUT2D eigenvalue weighted by atomic mass is 9.73. The van der Waals surface area contributed by atoms with Crippen LogP contribution < -0.4 is 0 Å². The summed E-state index contributed by atoms with van der Waals surface area (Å²) in [5.74, 6) is 1.36. The second kappa shape index (κ2) is 5.50. The summed E-state index contributed by atoms with van der Waals surface area (Å²) in [6.07, 6.45) is 5.80. The Bertz CT molecular complexity index is 209. The molecule has 0 aromatic rings. The van der Waals surface area contributed by atoms with Crippen molar-refractivity contribution in [3.05, 3.63) is 0 Å². The first-order chi connectivity index (χ1) is 7.41. The Morgan fingerprint density at radius 2 is 1.75 bits per heavy atom. The van der Waals surface area contributed by atoms with E-state index in [4.69, 9.17) is 0 Å². The topological polar surface area (TPSA) is 23.5 Å². The number of likely N-dealkylation sites (N-methyl/N-ethyl adjacent to an activating group) is 1. The predicted molar refractivity (Wildman–Crippen MR) is 69.5 cm³/mol. The lowest BCUT2D eigenvalue weighted by Gasteiger charge is -2.44. The summed E-state index contributed by atoms with van der Waals surface area (Å²) in [7, 11) is 4.16. The van der Waals surface area contributed by atoms with Gasteiger partial charge in [-0.3, -0.25) is 0 Å². The predicted octanol–water partition coefficient (Wildman–Crippen LogP) is 2.90. The molecule has 0 radical (unpaired) electrons. The maximum atomic E-state index is 10.6. The van der Waals surface area contributed by atoms with Crippen LogP contribution in [0.1, 0.15) is 52.9 Å². The molecule has 2 heteroatoms. The zero-order valence-corrected chi connectivity index (χ0v) is 11.7. The van der Waals surface area contributed by atoms with E-state index >= 15 is 0 Å². The van der Waals surface area contributed by atoms with Crippen LogP contribution in [0.2, 0.25) is 0 Å². The molecule has 0 aromatic heterocycles. The van der Waals surface area contributed by atoms with Gasteiger partial charge >= 0.3 is 0 Å². The smallest absolute Gasteiger partial charge is 0.0748 e. The molecule has 0 heterocycles. The Labute approximate surface area is 101 Å². The van der Waals surface area contributed by atoms with Crippen LogP contribution in [0, 0.1) is 11.8 Å². The summed E-state index contributed by atoms with van der Waals surface area (Å²) in [4.78, 5) is 2.19. The highest BCUT2D eigenvalue weighted by Gasteiger charge is 2.39. The SMILES string of the molecule is CCC(C)(C(O)C1CCC(C)CC1)N(C)C. The third kappa shape index (κ3) is 2.78. The fourth-order valence-corrected chi connectivity index (χ4v) is 2.90. The molecule has 0 bridgehead atoms. The first-order valence-electron chi connectivity index (χ1n) is 6.77. The van der Waals surface area contributed by atoms with Gasteiger partial charge in [-0.15, -0.1) is 0 Å². The molecule has 0 aromatic carbocycles. The summed E-state index contributed by atoms with van der Waals surface area (Å²) >= 11 is 0. The lowest BCUT2D eigenvalue weighted by Crippen LogP contribution is -2.54. The van der Waals surface area contributed by atoms with Crippen LogP contribution in [0.4, 0.5) is 0 Å². The van der Waals surface area contributed by atoms with Crippen LogP contribution in [-0.4, -0.2) is 35.7 Å². The van der Waals surface area contributed by atoms with Gasteiger partial charge in [0.25, 0.3) is 0 Å². The Balaban J connectivity index is 2.65. The number of aliphatic hydroxyl groups excluding tert-OH is 1. The average Bonchev–Trinajstić information content (AvgIpc) is 2.27. The quantitative estimate of drug-likeness (QED) is 0.798. The van der Waals surface area contributed by atoms with Gasteiger partial charge in [0, 0.05) is 5.54 Å². The van der Waals surface area contributed by atoms with E-state index in [-0.39, 0.29) is 11.6 Å². The number of hydrogen-bond acceptors (Lipinski definition) is 2. The van der Waals surface area contributed by atoms with Crippen LogP contribution in [0.15, 0.2) is 0 Å². The Morgan fingerprint density at radius 1 is 1.25 bits per heavy atom. The normalized spacial score (nSPS) is 32.4. The summed E-state index contributed by atoms with van der Waals surface area (Å²) in [6.45, 7) is 6.69. The van der Waals surface area contributed by atoms with Gasteiger partial charge in [-0.05, 0) is 52.1 Å². The van der Waals surface area contributed by atoms with Gasteiger partial charge in [-0.25, -0.2) is 0 Å². The molecule has 1 saturated carbocycles. The van der Waals surface area contributed by atoms with Crippen LogP contribution in [0.3, 0.4) is 0 Å². The van der Waals surface area contributed by atoms with Crippen molar-refractivity contribution in [2.24, 2.45) is 11.8 Å². The maximum Gasteiger partial charge on any atom is 0.0748 e. The van der Waals surface area contributed by atoms with Crippen molar-refractivity contribution < 1.29 is 5.11 Å². The maximum absolute atomic E-state index is 10.6. The number of aliphatic hydroxyl groups is 1. The van der Waals surface area contributed by atoms with E-state index in [0.717, 1.165) is 12.3 Å². The van der Waals surface area contributed by atoms with Gasteiger partial charge in [0.1, 0.15) is 0 Å². The van der Waals surface area contributed by atoms with Crippen molar-refractivity contribution in [1.82, 2.24) is 4.90 Å². The fourth-order valence-electron chi connectivity index (χ4n) is 2.90. The van der Waals surface area contributed by atoms with Gasteiger partial charge in [-0.1, -0.05) is 26.7 Å². The third-order valence-corrected chi connectivity index (χ3v) is 4.88. The summed E-state index contributed by atoms with van der Waals surface area (Å²) in [6, 6.07) is 0. The molecule has 2 nitrogen and oxygen atoms in total. The number of nitrogens with zero attached hydrogens (tertiary/aromatic N) is 1. The Kier molecular flexibility index (Phi) is 4.81. The van der Waals surface area contributed by atoms with Gasteiger partial charge < -0.3 is 10.0 Å². The standard InChI is InChI=1S/C14H29NO/c1-6-14(3,15(4)5)13(16)12-9-7-11(2)8-10-12/h11-13,16H,6-10H2,1-5H3. The molecular formula is C14H29NO. The van der Waals surface area contributed by atoms with Crippen LogP contribution in [0.5, 0.6) is 0 Å². The Hall–Kier alpha value is -0.0800. The minimum Gasteiger partial charge on any atom is -0.391 e. The molecule has 16 heavy (non-hydrogen) atoms. The van der Waals surface area contributed by atoms with Gasteiger partial charge in [-0.2, -0.15) is 0 Å². The monoisotopic (exact) mass is 227 g/mol. The van der Waals surface area contributed by atoms with Crippen molar-refractivity contribution in [3.8, 4) is 0 Å². The van der Waals surface area contributed by atoms with E-state index in [0.29, 0.717) is 5.92 Å². The van der Waals surface area contributed by atoms with E-state index in [1.54, 1.807) is 0 Å². The highest BCUT2D eigenvalue weighted by Crippen LogP contribution is 2.36. The molecule has 2 unspecified atom stereocenters. The third-order valence-electron chi connectivity index (χ3n) is 4.88. The largest absolute Gasteiger partial charge is 0.391 e. The molecule has 96 valence electrons. The van der Waals surface area contributed by atoms with Gasteiger partial charge in [0.2, 0.25) is 0 Å². The molecule has 1 aliphatic carbocycles. The lowest BCUT2D eigenvalue weighted by molar-refractivity contribution is -0.0459. The molecule has 1 rings (SSSR count). The van der Waals surface area contributed by atoms with E-state index in [1.807, 2.05) is 0 Å². The fraction of sp³-hybridized carbons (Fsp3) is 1.00. The molecule has 0 saturated heterocycles. The van der Waals surface area contributed by atoms with Gasteiger partial charge in [0.05, 0.1) is 6.10 Å². The minimum absolute atomic E-state index is 0.0642. The highest BCUT2D eigenvalue weighted by molar-refractivity contribution is 4.94. The van der Waals surface area contributed by atoms with E-state index in [2.05, 4.69) is 39.8 Å². The van der Waals surface area contributed by atoms with E-state index in [9.17, 15) is 5.11 Å². The van der Waals surface area contributed by atoms with Crippen molar-refractivity contribution in [2.75, 3.05) is 14.1 Å². The molecular weight excluding hydrogens is 198 g/mol. The zero-order valence-electron chi connectivity index (χ0n) is 11.7. The molecule has 0 amide bonds. The van der Waals surface area contributed by atoms with E-state index in [1.165, 1.54) is 25.7 Å². The van der Waals surface area contributed by atoms with Crippen molar-refractivity contribution in [3.63, 3.8) is 0 Å². The summed E-state index contributed by atoms with van der Waals surface area (Å²) in [5, 5.41) is 10.6. The Morgan fingerprint density at radius 3 is 2.12 bits per heavy atom. The second-order valence-corrected chi connectivity index (χ2v) is 6.07. The highest BCUT2D eigenvalue weighted by atomic mass is 16.3. The molecule has 0 aliphatic heterocycles. The molecule has 1 N–H and O–H groups in total. The van der Waals surface area contributed by atoms with Gasteiger partial charge in [0.15, 0.2) is 0 Å². The van der Waals surface area contributed by atoms with Crippen LogP contribution >= 0.6 is 0 Å². The molecule has 1 fully saturated rings. The number of rotatable bonds is 4. The molecule has 1 aliphatic rings. The first kappa shape index (κ1) is 14.0. The van der Waals surface area contributed by atoms with E-state index < -0.39 is 0 Å². The second-order valence-electron chi connectivity index (χ2n) is 6.07. The van der Waals surface area contributed by atoms with Crippen molar-refractivity contribution in [1.29, 1.82) is 0 Å². The first-order valence-corrected chi connectivity index (χ1v) is 6.77. The van der Waals surface area contributed by atoms with Crippen LogP contribution in [-0.2, 0) is 0 Å². The van der Waals surface area contributed by atoms with Crippen molar-refractivity contribution in [2.45, 2.75) is 64.5 Å².